The van der Waals surface area contributed by atoms with Gasteiger partial charge in [0, 0.05) is 7.11 Å². The standard InChI is InChI=1S/C11H18N2O3/c1-8-5-9(6-16-8)11(14)13-10(3-4-12)7-15-2/h5-6,10H,3-4,7,12H2,1-2H3,(H,13,14). The molecule has 0 saturated heterocycles. The number of hydrogen-bond acceptors (Lipinski definition) is 4. The summed E-state index contributed by atoms with van der Waals surface area (Å²) in [6.45, 7) is 2.77. The van der Waals surface area contributed by atoms with Gasteiger partial charge >= 0.3 is 0 Å². The first-order valence-electron chi connectivity index (χ1n) is 5.22. The van der Waals surface area contributed by atoms with Crippen LogP contribution in [-0.2, 0) is 4.74 Å². The highest BCUT2D eigenvalue weighted by Gasteiger charge is 2.14. The molecule has 0 spiro atoms. The molecule has 0 aliphatic heterocycles. The maximum absolute atomic E-state index is 11.8. The molecule has 1 heterocycles. The van der Waals surface area contributed by atoms with E-state index in [2.05, 4.69) is 5.32 Å². The van der Waals surface area contributed by atoms with Crippen LogP contribution in [0.2, 0.25) is 0 Å². The molecule has 1 rings (SSSR count). The molecule has 1 aromatic rings. The van der Waals surface area contributed by atoms with Crippen molar-refractivity contribution >= 4 is 5.91 Å². The fourth-order valence-corrected chi connectivity index (χ4v) is 1.43. The van der Waals surface area contributed by atoms with Crippen LogP contribution in [-0.4, -0.2) is 32.2 Å². The Morgan fingerprint density at radius 2 is 2.44 bits per heavy atom. The van der Waals surface area contributed by atoms with E-state index in [1.165, 1.54) is 6.26 Å². The van der Waals surface area contributed by atoms with Gasteiger partial charge in [0.2, 0.25) is 0 Å². The molecular formula is C11H18N2O3. The van der Waals surface area contributed by atoms with Crippen LogP contribution in [0.15, 0.2) is 16.7 Å². The number of carbonyl (C=O) groups is 1. The fourth-order valence-electron chi connectivity index (χ4n) is 1.43. The van der Waals surface area contributed by atoms with Crippen LogP contribution in [0.1, 0.15) is 22.5 Å². The van der Waals surface area contributed by atoms with Crippen molar-refractivity contribution < 1.29 is 13.9 Å². The van der Waals surface area contributed by atoms with Crippen LogP contribution in [0.5, 0.6) is 0 Å². The lowest BCUT2D eigenvalue weighted by Crippen LogP contribution is -2.39. The average Bonchev–Trinajstić information content (AvgIpc) is 2.65. The molecule has 1 aromatic heterocycles. The Labute approximate surface area is 94.9 Å². The van der Waals surface area contributed by atoms with Gasteiger partial charge in [0.05, 0.1) is 18.2 Å². The normalized spacial score (nSPS) is 12.4. The van der Waals surface area contributed by atoms with Crippen LogP contribution in [0, 0.1) is 6.92 Å². The number of furan rings is 1. The largest absolute Gasteiger partial charge is 0.469 e. The minimum Gasteiger partial charge on any atom is -0.469 e. The van der Waals surface area contributed by atoms with Gasteiger partial charge in [-0.3, -0.25) is 4.79 Å². The second-order valence-corrected chi connectivity index (χ2v) is 3.65. The molecular weight excluding hydrogens is 208 g/mol. The monoisotopic (exact) mass is 226 g/mol. The van der Waals surface area contributed by atoms with Gasteiger partial charge in [0.15, 0.2) is 0 Å². The van der Waals surface area contributed by atoms with Crippen LogP contribution in [0.4, 0.5) is 0 Å². The third-order valence-corrected chi connectivity index (χ3v) is 2.21. The molecule has 0 aliphatic rings. The number of hydrogen-bond donors (Lipinski definition) is 2. The number of amides is 1. The number of methoxy groups -OCH3 is 1. The lowest BCUT2D eigenvalue weighted by Gasteiger charge is -2.16. The van der Waals surface area contributed by atoms with Gasteiger partial charge < -0.3 is 20.2 Å². The zero-order chi connectivity index (χ0) is 12.0. The minimum atomic E-state index is -0.160. The van der Waals surface area contributed by atoms with Crippen molar-refractivity contribution in [2.24, 2.45) is 5.73 Å². The lowest BCUT2D eigenvalue weighted by molar-refractivity contribution is 0.0893. The molecule has 0 aromatic carbocycles. The predicted octanol–water partition coefficient (Wildman–Crippen LogP) is 0.682. The summed E-state index contributed by atoms with van der Waals surface area (Å²) in [7, 11) is 1.59. The zero-order valence-electron chi connectivity index (χ0n) is 9.66. The van der Waals surface area contributed by atoms with E-state index in [9.17, 15) is 4.79 Å². The van der Waals surface area contributed by atoms with E-state index in [0.717, 1.165) is 0 Å². The molecule has 1 amide bonds. The van der Waals surface area contributed by atoms with E-state index in [4.69, 9.17) is 14.9 Å². The summed E-state index contributed by atoms with van der Waals surface area (Å²) >= 11 is 0. The zero-order valence-corrected chi connectivity index (χ0v) is 9.66. The highest BCUT2D eigenvalue weighted by Crippen LogP contribution is 2.06. The van der Waals surface area contributed by atoms with Gasteiger partial charge in [-0.15, -0.1) is 0 Å². The highest BCUT2D eigenvalue weighted by molar-refractivity contribution is 5.94. The van der Waals surface area contributed by atoms with Crippen LogP contribution in [0.25, 0.3) is 0 Å². The van der Waals surface area contributed by atoms with Gasteiger partial charge in [0.1, 0.15) is 12.0 Å². The third-order valence-electron chi connectivity index (χ3n) is 2.21. The second kappa shape index (κ2) is 6.30. The maximum atomic E-state index is 11.8. The van der Waals surface area contributed by atoms with Crippen molar-refractivity contribution in [3.05, 3.63) is 23.7 Å². The first-order chi connectivity index (χ1) is 7.67. The second-order valence-electron chi connectivity index (χ2n) is 3.65. The highest BCUT2D eigenvalue weighted by atomic mass is 16.5. The van der Waals surface area contributed by atoms with Gasteiger partial charge in [-0.1, -0.05) is 0 Å². The molecule has 16 heavy (non-hydrogen) atoms. The van der Waals surface area contributed by atoms with Crippen molar-refractivity contribution in [3.8, 4) is 0 Å². The number of ether oxygens (including phenoxy) is 1. The van der Waals surface area contributed by atoms with Crippen molar-refractivity contribution in [1.82, 2.24) is 5.32 Å². The Morgan fingerprint density at radius 1 is 1.69 bits per heavy atom. The summed E-state index contributed by atoms with van der Waals surface area (Å²) in [6.07, 6.45) is 2.13. The lowest BCUT2D eigenvalue weighted by atomic mass is 10.2. The van der Waals surface area contributed by atoms with Gasteiger partial charge in [-0.25, -0.2) is 0 Å². The molecule has 5 nitrogen and oxygen atoms in total. The van der Waals surface area contributed by atoms with E-state index in [1.807, 2.05) is 0 Å². The number of nitrogens with two attached hydrogens (primary N) is 1. The van der Waals surface area contributed by atoms with Crippen LogP contribution in [0.3, 0.4) is 0 Å². The Balaban J connectivity index is 2.54. The summed E-state index contributed by atoms with van der Waals surface area (Å²) in [6, 6.07) is 1.64. The van der Waals surface area contributed by atoms with Crippen molar-refractivity contribution in [2.45, 2.75) is 19.4 Å². The van der Waals surface area contributed by atoms with E-state index in [0.29, 0.717) is 30.9 Å². The Hall–Kier alpha value is -1.33. The molecule has 0 saturated carbocycles. The van der Waals surface area contributed by atoms with E-state index < -0.39 is 0 Å². The quantitative estimate of drug-likeness (QED) is 0.747. The molecule has 0 bridgehead atoms. The molecule has 0 aliphatic carbocycles. The molecule has 5 heteroatoms. The van der Waals surface area contributed by atoms with Crippen LogP contribution < -0.4 is 11.1 Å². The summed E-state index contributed by atoms with van der Waals surface area (Å²) in [4.78, 5) is 11.8. The Bertz CT molecular complexity index is 330. The molecule has 90 valence electrons. The van der Waals surface area contributed by atoms with Crippen molar-refractivity contribution in [2.75, 3.05) is 20.3 Å². The van der Waals surface area contributed by atoms with Gasteiger partial charge in [-0.2, -0.15) is 0 Å². The molecule has 1 unspecified atom stereocenters. The Kier molecular flexibility index (Phi) is 5.01. The molecule has 1 atom stereocenters. The van der Waals surface area contributed by atoms with Gasteiger partial charge in [-0.05, 0) is 26.0 Å². The van der Waals surface area contributed by atoms with Gasteiger partial charge in [0.25, 0.3) is 5.91 Å². The van der Waals surface area contributed by atoms with E-state index in [1.54, 1.807) is 20.1 Å². The number of aryl methyl sites for hydroxylation is 1. The summed E-state index contributed by atoms with van der Waals surface area (Å²) in [5, 5.41) is 2.84. The summed E-state index contributed by atoms with van der Waals surface area (Å²) in [5.74, 6) is 0.555. The number of carbonyl (C=O) groups excluding carboxylic acids is 1. The number of nitrogens with one attached hydrogen (secondary N) is 1. The van der Waals surface area contributed by atoms with Crippen molar-refractivity contribution in [1.29, 1.82) is 0 Å². The van der Waals surface area contributed by atoms with E-state index in [-0.39, 0.29) is 11.9 Å². The first-order valence-corrected chi connectivity index (χ1v) is 5.22. The molecule has 0 radical (unpaired) electrons. The summed E-state index contributed by atoms with van der Waals surface area (Å²) in [5.41, 5.74) is 5.98. The first kappa shape index (κ1) is 12.7. The summed E-state index contributed by atoms with van der Waals surface area (Å²) < 4.78 is 10.1. The topological polar surface area (TPSA) is 77.5 Å². The van der Waals surface area contributed by atoms with E-state index >= 15 is 0 Å². The smallest absolute Gasteiger partial charge is 0.254 e. The SMILES string of the molecule is COCC(CCN)NC(=O)c1coc(C)c1. The fraction of sp³-hybridized carbons (Fsp3) is 0.545. The minimum absolute atomic E-state index is 0.0577. The number of rotatable bonds is 6. The molecule has 0 fully saturated rings. The average molecular weight is 226 g/mol. The predicted molar refractivity (Wildman–Crippen MR) is 60.2 cm³/mol. The van der Waals surface area contributed by atoms with Crippen molar-refractivity contribution in [3.63, 3.8) is 0 Å². The Morgan fingerprint density at radius 3 is 2.94 bits per heavy atom. The molecule has 3 N–H and O–H groups in total. The third kappa shape index (κ3) is 3.67. The van der Waals surface area contributed by atoms with Crippen LogP contribution >= 0.6 is 0 Å². The maximum Gasteiger partial charge on any atom is 0.254 e.